The number of nitrogens with one attached hydrogen (secondary N) is 1. The van der Waals surface area contributed by atoms with Crippen molar-refractivity contribution in [2.24, 2.45) is 4.99 Å². The first-order valence-electron chi connectivity index (χ1n) is 8.59. The Morgan fingerprint density at radius 3 is 2.44 bits per heavy atom. The number of aromatic nitrogens is 1. The molecule has 1 amide bonds. The van der Waals surface area contributed by atoms with Crippen LogP contribution in [0.3, 0.4) is 0 Å². The summed E-state index contributed by atoms with van der Waals surface area (Å²) in [5, 5.41) is 0. The molecule has 5 nitrogen and oxygen atoms in total. The third kappa shape index (κ3) is 5.89. The van der Waals surface area contributed by atoms with E-state index < -0.39 is 0 Å². The van der Waals surface area contributed by atoms with E-state index in [1.54, 1.807) is 13.0 Å². The second-order valence-electron chi connectivity index (χ2n) is 6.19. The molecule has 0 unspecified atom stereocenters. The molecule has 0 fully saturated rings. The molecule has 0 saturated carbocycles. The smallest absolute Gasteiger partial charge is 0.219 e. The number of H-pyrrole nitrogens is 1. The summed E-state index contributed by atoms with van der Waals surface area (Å²) in [4.78, 5) is 22.9. The molecule has 1 heterocycles. The third-order valence-electron chi connectivity index (χ3n) is 3.98. The van der Waals surface area contributed by atoms with Crippen LogP contribution in [-0.4, -0.2) is 36.2 Å². The Bertz CT molecular complexity index is 872. The molecule has 1 rings (SSSR count). The van der Waals surface area contributed by atoms with E-state index in [1.165, 1.54) is 4.90 Å². The molecule has 0 aliphatic heterocycles. The van der Waals surface area contributed by atoms with E-state index in [4.69, 9.17) is 12.2 Å². The minimum atomic E-state index is 0.555. The molecule has 1 aromatic rings. The summed E-state index contributed by atoms with van der Waals surface area (Å²) in [6.45, 7) is 11.2. The molecule has 0 saturated heterocycles. The van der Waals surface area contributed by atoms with Crippen LogP contribution >= 0.6 is 12.2 Å². The Morgan fingerprint density at radius 1 is 1.26 bits per heavy atom. The largest absolute Gasteiger partial charge is 0.377 e. The summed E-state index contributed by atoms with van der Waals surface area (Å²) in [6, 6.07) is 1.95. The predicted molar refractivity (Wildman–Crippen MR) is 118 cm³/mol. The molecule has 6 heteroatoms. The fourth-order valence-corrected chi connectivity index (χ4v) is 2.67. The molecule has 144 valence electrons. The van der Waals surface area contributed by atoms with Crippen molar-refractivity contribution in [3.05, 3.63) is 64.6 Å². The van der Waals surface area contributed by atoms with Crippen LogP contribution in [0.2, 0.25) is 0 Å². The minimum Gasteiger partial charge on any atom is -0.377 e. The van der Waals surface area contributed by atoms with Crippen molar-refractivity contribution < 1.29 is 4.79 Å². The van der Waals surface area contributed by atoms with E-state index in [1.807, 2.05) is 70.3 Å². The number of aromatic amines is 1. The van der Waals surface area contributed by atoms with E-state index in [0.29, 0.717) is 16.2 Å². The number of hydrogen-bond acceptors (Lipinski definition) is 4. The molecule has 0 spiro atoms. The molecular weight excluding hydrogens is 356 g/mol. The van der Waals surface area contributed by atoms with Gasteiger partial charge in [0, 0.05) is 26.0 Å². The lowest BCUT2D eigenvalue weighted by molar-refractivity contribution is -0.113. The lowest BCUT2D eigenvalue weighted by Gasteiger charge is -2.20. The summed E-state index contributed by atoms with van der Waals surface area (Å²) in [5.41, 5.74) is 4.26. The average molecular weight is 385 g/mol. The van der Waals surface area contributed by atoms with Gasteiger partial charge >= 0.3 is 0 Å². The van der Waals surface area contributed by atoms with E-state index in [0.717, 1.165) is 28.9 Å². The number of carbonyl (C=O) groups is 1. The van der Waals surface area contributed by atoms with Crippen molar-refractivity contribution in [2.75, 3.05) is 19.0 Å². The van der Waals surface area contributed by atoms with Crippen LogP contribution in [0.5, 0.6) is 0 Å². The highest BCUT2D eigenvalue weighted by atomic mass is 32.1. The Kier molecular flexibility index (Phi) is 8.62. The average Bonchev–Trinajstić information content (AvgIpc) is 2.64. The molecule has 0 atom stereocenters. The van der Waals surface area contributed by atoms with Gasteiger partial charge in [-0.05, 0) is 39.8 Å². The van der Waals surface area contributed by atoms with Crippen LogP contribution < -0.4 is 4.90 Å². The van der Waals surface area contributed by atoms with Gasteiger partial charge in [0.25, 0.3) is 0 Å². The summed E-state index contributed by atoms with van der Waals surface area (Å²) >= 11 is 5.48. The van der Waals surface area contributed by atoms with Crippen LogP contribution in [0.25, 0.3) is 5.70 Å². The third-order valence-corrected chi connectivity index (χ3v) is 4.30. The molecule has 1 N–H and O–H groups in total. The second kappa shape index (κ2) is 10.4. The van der Waals surface area contributed by atoms with Crippen LogP contribution in [0, 0.1) is 4.64 Å². The number of nitrogens with zero attached hydrogens (tertiary/aromatic N) is 3. The van der Waals surface area contributed by atoms with E-state index in [2.05, 4.69) is 16.6 Å². The van der Waals surface area contributed by atoms with Crippen LogP contribution in [0.1, 0.15) is 33.3 Å². The van der Waals surface area contributed by atoms with Crippen molar-refractivity contribution in [1.82, 2.24) is 9.88 Å². The maximum absolute atomic E-state index is 11.7. The standard InChI is InChI=1S/C21H28N4OS/c1-8-15(3)10-11-16(4)25(14-26)17(5)23-18(9-2)20-19(24(6)7)12-13-22-21(20)27/h8-14H,1H2,2-7H3,(H,22,27)/b15-10-,16-11+,18-9-,23-17?. The van der Waals surface area contributed by atoms with Gasteiger partial charge in [0.05, 0.1) is 16.9 Å². The zero-order chi connectivity index (χ0) is 20.6. The van der Waals surface area contributed by atoms with Gasteiger partial charge in [-0.15, -0.1) is 0 Å². The Balaban J connectivity index is 3.40. The van der Waals surface area contributed by atoms with Crippen molar-refractivity contribution in [1.29, 1.82) is 0 Å². The normalized spacial score (nSPS) is 13.4. The molecule has 0 radical (unpaired) electrons. The SMILES string of the molecule is C=C/C(C)=C\C=C(/C)N(C=O)C(C)=N/C(=C\C)c1c(N(C)C)cc[nH]c1=S. The summed E-state index contributed by atoms with van der Waals surface area (Å²) in [5.74, 6) is 0.555. The number of amidine groups is 1. The molecule has 0 bridgehead atoms. The van der Waals surface area contributed by atoms with Gasteiger partial charge in [0.1, 0.15) is 10.5 Å². The zero-order valence-corrected chi connectivity index (χ0v) is 17.7. The maximum Gasteiger partial charge on any atom is 0.219 e. The van der Waals surface area contributed by atoms with Crippen LogP contribution in [0.15, 0.2) is 59.4 Å². The fraction of sp³-hybridized carbons (Fsp3) is 0.286. The highest BCUT2D eigenvalue weighted by Crippen LogP contribution is 2.27. The van der Waals surface area contributed by atoms with Crippen molar-refractivity contribution in [2.45, 2.75) is 27.7 Å². The van der Waals surface area contributed by atoms with Gasteiger partial charge in [-0.25, -0.2) is 4.99 Å². The van der Waals surface area contributed by atoms with E-state index >= 15 is 0 Å². The van der Waals surface area contributed by atoms with Crippen molar-refractivity contribution in [3.63, 3.8) is 0 Å². The first-order valence-corrected chi connectivity index (χ1v) is 9.00. The van der Waals surface area contributed by atoms with Gasteiger partial charge in [-0.2, -0.15) is 0 Å². The molecule has 0 aliphatic rings. The topological polar surface area (TPSA) is 51.7 Å². The lowest BCUT2D eigenvalue weighted by Crippen LogP contribution is -2.25. The minimum absolute atomic E-state index is 0.555. The lowest BCUT2D eigenvalue weighted by atomic mass is 10.1. The van der Waals surface area contributed by atoms with E-state index in [9.17, 15) is 4.79 Å². The first kappa shape index (κ1) is 22.3. The van der Waals surface area contributed by atoms with Gasteiger partial charge in [-0.1, -0.05) is 42.6 Å². The molecular formula is C21H28N4OS. The second-order valence-corrected chi connectivity index (χ2v) is 6.60. The predicted octanol–water partition coefficient (Wildman–Crippen LogP) is 5.08. The number of anilines is 1. The Hall–Kier alpha value is -2.73. The van der Waals surface area contributed by atoms with Gasteiger partial charge in [-0.3, -0.25) is 9.69 Å². The maximum atomic E-state index is 11.7. The number of pyridine rings is 1. The zero-order valence-electron chi connectivity index (χ0n) is 16.9. The van der Waals surface area contributed by atoms with Gasteiger partial charge < -0.3 is 9.88 Å². The Labute approximate surface area is 167 Å². The number of amides is 1. The number of carbonyl (C=O) groups excluding carboxylic acids is 1. The number of aliphatic imine (C=N–C) groups is 1. The summed E-state index contributed by atoms with van der Waals surface area (Å²) in [7, 11) is 3.91. The summed E-state index contributed by atoms with van der Waals surface area (Å²) < 4.78 is 0.598. The van der Waals surface area contributed by atoms with E-state index in [-0.39, 0.29) is 0 Å². The van der Waals surface area contributed by atoms with Crippen molar-refractivity contribution in [3.8, 4) is 0 Å². The summed E-state index contributed by atoms with van der Waals surface area (Å²) in [6.07, 6.45) is 9.98. The highest BCUT2D eigenvalue weighted by molar-refractivity contribution is 7.71. The van der Waals surface area contributed by atoms with Gasteiger partial charge in [0.2, 0.25) is 6.41 Å². The molecule has 0 aromatic carbocycles. The molecule has 0 aliphatic carbocycles. The monoisotopic (exact) mass is 384 g/mol. The number of allylic oxidation sites excluding steroid dienone is 6. The first-order chi connectivity index (χ1) is 12.8. The fourth-order valence-electron chi connectivity index (χ4n) is 2.40. The van der Waals surface area contributed by atoms with Crippen LogP contribution in [-0.2, 0) is 4.79 Å². The number of rotatable bonds is 7. The molecule has 1 aromatic heterocycles. The van der Waals surface area contributed by atoms with Crippen LogP contribution in [0.4, 0.5) is 5.69 Å². The molecule has 27 heavy (non-hydrogen) atoms. The number of hydrogen-bond donors (Lipinski definition) is 1. The van der Waals surface area contributed by atoms with Crippen molar-refractivity contribution >= 4 is 35.8 Å². The van der Waals surface area contributed by atoms with Gasteiger partial charge in [0.15, 0.2) is 0 Å². The highest BCUT2D eigenvalue weighted by Gasteiger charge is 2.13. The Morgan fingerprint density at radius 2 is 1.93 bits per heavy atom. The quantitative estimate of drug-likeness (QED) is 0.234.